The molecule has 2 N–H and O–H groups in total. The summed E-state index contributed by atoms with van der Waals surface area (Å²) in [6.07, 6.45) is 8.49. The van der Waals surface area contributed by atoms with E-state index in [0.717, 1.165) is 49.3 Å². The maximum Gasteiger partial charge on any atom is 0.232 e. The molecule has 0 aromatic carbocycles. The molecule has 4 rings (SSSR count). The average molecular weight is 440 g/mol. The van der Waals surface area contributed by atoms with Crippen LogP contribution >= 0.6 is 12.2 Å². The smallest absolute Gasteiger partial charge is 0.232 e. The molecule has 0 aliphatic carbocycles. The lowest BCUT2D eigenvalue weighted by Crippen LogP contribution is -2.37. The molecule has 1 atom stereocenters. The van der Waals surface area contributed by atoms with Crippen LogP contribution in [-0.2, 0) is 6.54 Å². The number of anilines is 3. The van der Waals surface area contributed by atoms with Crippen LogP contribution in [0.3, 0.4) is 0 Å². The van der Waals surface area contributed by atoms with Crippen molar-refractivity contribution in [2.24, 2.45) is 11.8 Å². The first-order valence-corrected chi connectivity index (χ1v) is 11.8. The van der Waals surface area contributed by atoms with Crippen LogP contribution in [-0.4, -0.2) is 46.2 Å². The van der Waals surface area contributed by atoms with Gasteiger partial charge in [-0.15, -0.1) is 0 Å². The van der Waals surface area contributed by atoms with Gasteiger partial charge in [0, 0.05) is 51.2 Å². The molecule has 2 saturated heterocycles. The first-order valence-electron chi connectivity index (χ1n) is 11.4. The second-order valence-electron chi connectivity index (χ2n) is 8.94. The fourth-order valence-corrected chi connectivity index (χ4v) is 4.43. The Bertz CT molecular complexity index is 867. The van der Waals surface area contributed by atoms with Crippen molar-refractivity contribution in [1.82, 2.24) is 20.3 Å². The Balaban J connectivity index is 1.50. The number of nitrogens with zero attached hydrogens (tertiary/aromatic N) is 5. The molecule has 8 heteroatoms. The molecule has 166 valence electrons. The molecule has 0 radical (unpaired) electrons. The summed E-state index contributed by atoms with van der Waals surface area (Å²) in [5.41, 5.74) is 1.08. The highest BCUT2D eigenvalue weighted by Gasteiger charge is 2.22. The predicted molar refractivity (Wildman–Crippen MR) is 131 cm³/mol. The number of thiocarbonyl (C=S) groups is 1. The van der Waals surface area contributed by atoms with Crippen molar-refractivity contribution in [3.63, 3.8) is 0 Å². The molecule has 4 heterocycles. The highest BCUT2D eigenvalue weighted by Crippen LogP contribution is 2.28. The second kappa shape index (κ2) is 10.2. The van der Waals surface area contributed by atoms with Gasteiger partial charge >= 0.3 is 0 Å². The van der Waals surface area contributed by atoms with Crippen LogP contribution in [0, 0.1) is 11.8 Å². The molecular formula is C23H33N7S. The molecule has 0 spiro atoms. The third-order valence-corrected chi connectivity index (χ3v) is 6.44. The second-order valence-corrected chi connectivity index (χ2v) is 9.35. The van der Waals surface area contributed by atoms with Crippen LogP contribution in [0.5, 0.6) is 0 Å². The zero-order chi connectivity index (χ0) is 21.6. The Morgan fingerprint density at radius 1 is 1.06 bits per heavy atom. The topological polar surface area (TPSA) is 69.2 Å². The molecule has 0 bridgehead atoms. The van der Waals surface area contributed by atoms with Crippen LogP contribution in [0.2, 0.25) is 0 Å². The Morgan fingerprint density at radius 2 is 1.84 bits per heavy atom. The number of rotatable bonds is 5. The van der Waals surface area contributed by atoms with E-state index in [2.05, 4.69) is 45.3 Å². The van der Waals surface area contributed by atoms with Gasteiger partial charge in [-0.25, -0.2) is 0 Å². The van der Waals surface area contributed by atoms with Crippen molar-refractivity contribution < 1.29 is 0 Å². The Hall–Kier alpha value is -2.48. The molecule has 0 saturated carbocycles. The summed E-state index contributed by atoms with van der Waals surface area (Å²) in [6.45, 7) is 9.42. The third kappa shape index (κ3) is 6.03. The van der Waals surface area contributed by atoms with Crippen molar-refractivity contribution in [1.29, 1.82) is 0 Å². The van der Waals surface area contributed by atoms with Gasteiger partial charge in [-0.1, -0.05) is 19.9 Å². The highest BCUT2D eigenvalue weighted by atomic mass is 32.1. The van der Waals surface area contributed by atoms with Crippen molar-refractivity contribution in [3.8, 4) is 0 Å². The van der Waals surface area contributed by atoms with E-state index in [4.69, 9.17) is 22.2 Å². The summed E-state index contributed by atoms with van der Waals surface area (Å²) in [7, 11) is 0. The summed E-state index contributed by atoms with van der Waals surface area (Å²) < 4.78 is 0. The van der Waals surface area contributed by atoms with E-state index in [9.17, 15) is 0 Å². The predicted octanol–water partition coefficient (Wildman–Crippen LogP) is 3.83. The van der Waals surface area contributed by atoms with E-state index >= 15 is 0 Å². The van der Waals surface area contributed by atoms with Gasteiger partial charge in [0.2, 0.25) is 5.95 Å². The third-order valence-electron chi connectivity index (χ3n) is 6.19. The number of piperidine rings is 2. The molecule has 2 aromatic heterocycles. The van der Waals surface area contributed by atoms with Gasteiger partial charge in [0.1, 0.15) is 11.6 Å². The molecule has 2 aliphatic heterocycles. The molecule has 2 aromatic rings. The first-order chi connectivity index (χ1) is 15.1. The van der Waals surface area contributed by atoms with Crippen LogP contribution in [0.1, 0.15) is 45.1 Å². The van der Waals surface area contributed by atoms with Crippen molar-refractivity contribution >= 4 is 34.9 Å². The van der Waals surface area contributed by atoms with Gasteiger partial charge in [0.15, 0.2) is 5.11 Å². The minimum absolute atomic E-state index is 0.520. The van der Waals surface area contributed by atoms with Gasteiger partial charge < -0.3 is 20.4 Å². The number of hydrogen-bond donors (Lipinski definition) is 2. The molecule has 7 nitrogen and oxygen atoms in total. The summed E-state index contributed by atoms with van der Waals surface area (Å²) in [4.78, 5) is 18.6. The first kappa shape index (κ1) is 21.7. The monoisotopic (exact) mass is 439 g/mol. The Labute approximate surface area is 190 Å². The fraction of sp³-hybridized carbons (Fsp3) is 0.565. The highest BCUT2D eigenvalue weighted by molar-refractivity contribution is 7.80. The lowest BCUT2D eigenvalue weighted by molar-refractivity contribution is 0.435. The SMILES string of the molecule is CC1CCN(c2cc(N3CCC[C@H](C)C3)nc(NC(=S)NCc3cccnc3)n2)CC1. The van der Waals surface area contributed by atoms with Gasteiger partial charge in [-0.2, -0.15) is 9.97 Å². The standard InChI is InChI=1S/C23H33N7S/c1-17-7-11-29(12-8-17)20-13-21(30-10-4-5-18(2)16-30)27-22(26-20)28-23(31)25-15-19-6-3-9-24-14-19/h3,6,9,13-14,17-18H,4-5,7-8,10-12,15-16H2,1-2H3,(H2,25,26,27,28,31)/t18-/m0/s1. The molecule has 31 heavy (non-hydrogen) atoms. The maximum atomic E-state index is 5.52. The summed E-state index contributed by atoms with van der Waals surface area (Å²) in [6, 6.07) is 6.10. The molecule has 0 amide bonds. The van der Waals surface area contributed by atoms with Crippen molar-refractivity contribution in [2.45, 2.75) is 46.1 Å². The van der Waals surface area contributed by atoms with E-state index < -0.39 is 0 Å². The Kier molecular flexibility index (Phi) is 7.17. The zero-order valence-corrected chi connectivity index (χ0v) is 19.4. The van der Waals surface area contributed by atoms with Crippen molar-refractivity contribution in [3.05, 3.63) is 36.2 Å². The van der Waals surface area contributed by atoms with E-state index in [1.807, 2.05) is 18.3 Å². The minimum atomic E-state index is 0.520. The molecule has 0 unspecified atom stereocenters. The van der Waals surface area contributed by atoms with Crippen LogP contribution in [0.15, 0.2) is 30.6 Å². The van der Waals surface area contributed by atoms with E-state index in [1.54, 1.807) is 6.20 Å². The van der Waals surface area contributed by atoms with Gasteiger partial charge in [0.25, 0.3) is 0 Å². The molecule has 2 aliphatic rings. The average Bonchev–Trinajstić information content (AvgIpc) is 2.79. The van der Waals surface area contributed by atoms with E-state index in [1.165, 1.54) is 25.7 Å². The molecular weight excluding hydrogens is 406 g/mol. The normalized spacial score (nSPS) is 19.9. The van der Waals surface area contributed by atoms with Crippen LogP contribution in [0.25, 0.3) is 0 Å². The quantitative estimate of drug-likeness (QED) is 0.682. The number of nitrogens with one attached hydrogen (secondary N) is 2. The molecule has 2 fully saturated rings. The van der Waals surface area contributed by atoms with Gasteiger partial charge in [-0.3, -0.25) is 4.98 Å². The summed E-state index contributed by atoms with van der Waals surface area (Å²) >= 11 is 5.52. The fourth-order valence-electron chi connectivity index (χ4n) is 4.27. The lowest BCUT2D eigenvalue weighted by Gasteiger charge is -2.34. The summed E-state index contributed by atoms with van der Waals surface area (Å²) in [5, 5.41) is 6.97. The largest absolute Gasteiger partial charge is 0.358 e. The van der Waals surface area contributed by atoms with Crippen LogP contribution < -0.4 is 20.4 Å². The number of hydrogen-bond acceptors (Lipinski definition) is 6. The van der Waals surface area contributed by atoms with E-state index in [-0.39, 0.29) is 0 Å². The lowest BCUT2D eigenvalue weighted by atomic mass is 9.99. The van der Waals surface area contributed by atoms with Crippen molar-refractivity contribution in [2.75, 3.05) is 41.3 Å². The number of aromatic nitrogens is 3. The minimum Gasteiger partial charge on any atom is -0.358 e. The van der Waals surface area contributed by atoms with Crippen LogP contribution in [0.4, 0.5) is 17.6 Å². The summed E-state index contributed by atoms with van der Waals surface area (Å²) in [5.74, 6) is 4.01. The Morgan fingerprint density at radius 3 is 2.55 bits per heavy atom. The zero-order valence-electron chi connectivity index (χ0n) is 18.5. The van der Waals surface area contributed by atoms with Gasteiger partial charge in [-0.05, 0) is 61.4 Å². The maximum absolute atomic E-state index is 5.52. The number of pyridine rings is 1. The van der Waals surface area contributed by atoms with E-state index in [0.29, 0.717) is 23.5 Å². The van der Waals surface area contributed by atoms with Gasteiger partial charge in [0.05, 0.1) is 0 Å².